The van der Waals surface area contributed by atoms with Crippen molar-refractivity contribution in [1.82, 2.24) is 19.5 Å². The lowest BCUT2D eigenvalue weighted by atomic mass is 10.2. The van der Waals surface area contributed by atoms with Gasteiger partial charge in [-0.3, -0.25) is 0 Å². The van der Waals surface area contributed by atoms with Crippen LogP contribution in [0.15, 0.2) is 30.6 Å². The van der Waals surface area contributed by atoms with Gasteiger partial charge in [0.2, 0.25) is 0 Å². The van der Waals surface area contributed by atoms with Gasteiger partial charge in [-0.05, 0) is 32.9 Å². The van der Waals surface area contributed by atoms with Crippen LogP contribution in [-0.4, -0.2) is 63.4 Å². The normalized spacial score (nSPS) is 15.3. The van der Waals surface area contributed by atoms with Crippen molar-refractivity contribution in [2.75, 3.05) is 31.6 Å². The summed E-state index contributed by atoms with van der Waals surface area (Å²) in [5.74, 6) is 0. The summed E-state index contributed by atoms with van der Waals surface area (Å²) in [5.41, 5.74) is 3.96. The van der Waals surface area contributed by atoms with E-state index >= 15 is 0 Å². The Hall–Kier alpha value is -2.77. The lowest BCUT2D eigenvalue weighted by Gasteiger charge is -2.35. The second-order valence-corrected chi connectivity index (χ2v) is 6.97. The fourth-order valence-electron chi connectivity index (χ4n) is 2.64. The Labute approximate surface area is 146 Å². The number of carbonyl (C=O) groups excluding carboxylic acids is 2. The number of hydrogen-bond acceptors (Lipinski definition) is 4. The summed E-state index contributed by atoms with van der Waals surface area (Å²) in [6.07, 6.45) is 1.24. The number of carbonyl (C=O) groups is 2. The number of amides is 3. The molecule has 1 aliphatic heterocycles. The quantitative estimate of drug-likeness (QED) is 0.860. The van der Waals surface area contributed by atoms with Crippen LogP contribution in [0.1, 0.15) is 20.8 Å². The van der Waals surface area contributed by atoms with Crippen molar-refractivity contribution in [3.05, 3.63) is 30.6 Å². The molecule has 25 heavy (non-hydrogen) atoms. The number of fused-ring (bicyclic) bond motifs is 1. The minimum atomic E-state index is -0.520. The molecule has 8 nitrogen and oxygen atoms in total. The molecular formula is C17H23N5O3. The van der Waals surface area contributed by atoms with Crippen LogP contribution in [0.2, 0.25) is 0 Å². The third-order valence-electron chi connectivity index (χ3n) is 3.89. The maximum absolute atomic E-state index is 12.4. The number of imidazole rings is 1. The zero-order valence-electron chi connectivity index (χ0n) is 14.7. The number of nitrogens with zero attached hydrogens (tertiary/aromatic N) is 4. The molecule has 3 amide bonds. The van der Waals surface area contributed by atoms with Gasteiger partial charge in [0.1, 0.15) is 11.9 Å². The molecule has 1 aromatic carbocycles. The number of rotatable bonds is 1. The number of benzene rings is 1. The molecule has 134 valence electrons. The van der Waals surface area contributed by atoms with Crippen molar-refractivity contribution in [2.45, 2.75) is 26.4 Å². The first-order valence-corrected chi connectivity index (χ1v) is 8.29. The summed E-state index contributed by atoms with van der Waals surface area (Å²) in [6.45, 7) is 7.33. The van der Waals surface area contributed by atoms with Crippen LogP contribution < -0.4 is 5.43 Å². The Morgan fingerprint density at radius 3 is 2.40 bits per heavy atom. The second-order valence-electron chi connectivity index (χ2n) is 6.97. The molecule has 2 heterocycles. The molecule has 0 aliphatic carbocycles. The van der Waals surface area contributed by atoms with Crippen molar-refractivity contribution in [3.8, 4) is 0 Å². The molecule has 1 aliphatic rings. The largest absolute Gasteiger partial charge is 0.444 e. The molecule has 1 saturated heterocycles. The molecule has 2 aromatic rings. The molecule has 1 N–H and O–H groups in total. The van der Waals surface area contributed by atoms with E-state index in [0.29, 0.717) is 26.2 Å². The monoisotopic (exact) mass is 345 g/mol. The molecule has 0 saturated carbocycles. The van der Waals surface area contributed by atoms with Crippen LogP contribution in [0, 0.1) is 0 Å². The first kappa shape index (κ1) is 17.1. The highest BCUT2D eigenvalue weighted by Gasteiger charge is 2.27. The Balaban J connectivity index is 1.56. The molecule has 8 heteroatoms. The maximum atomic E-state index is 12.4. The number of para-hydroxylation sites is 2. The van der Waals surface area contributed by atoms with Crippen LogP contribution in [0.25, 0.3) is 11.0 Å². The van der Waals surface area contributed by atoms with E-state index in [1.54, 1.807) is 20.8 Å². The van der Waals surface area contributed by atoms with Gasteiger partial charge >= 0.3 is 12.1 Å². The predicted octanol–water partition coefficient (Wildman–Crippen LogP) is 2.25. The zero-order chi connectivity index (χ0) is 18.0. The molecule has 0 spiro atoms. The van der Waals surface area contributed by atoms with E-state index in [9.17, 15) is 9.59 Å². The molecule has 0 radical (unpaired) electrons. The standard InChI is InChI=1S/C17H23N5O3/c1-17(2,3)25-16(24)21-10-8-20(9-11-21)15(23)19-22-12-18-13-6-4-5-7-14(13)22/h4-7,12H,8-11H2,1-3H3,(H,19,23). The number of aromatic nitrogens is 2. The summed E-state index contributed by atoms with van der Waals surface area (Å²) in [4.78, 5) is 32.1. The number of urea groups is 1. The SMILES string of the molecule is CC(C)(C)OC(=O)N1CCN(C(=O)Nn2cnc3ccccc32)CC1. The van der Waals surface area contributed by atoms with E-state index in [2.05, 4.69) is 10.4 Å². The van der Waals surface area contributed by atoms with Gasteiger partial charge in [0.25, 0.3) is 0 Å². The van der Waals surface area contributed by atoms with Crippen LogP contribution >= 0.6 is 0 Å². The van der Waals surface area contributed by atoms with E-state index in [4.69, 9.17) is 4.74 Å². The first-order chi connectivity index (χ1) is 11.8. The zero-order valence-corrected chi connectivity index (χ0v) is 14.7. The average Bonchev–Trinajstić information content (AvgIpc) is 2.96. The highest BCUT2D eigenvalue weighted by atomic mass is 16.6. The summed E-state index contributed by atoms with van der Waals surface area (Å²) >= 11 is 0. The maximum Gasteiger partial charge on any atom is 0.410 e. The van der Waals surface area contributed by atoms with Gasteiger partial charge in [0.05, 0.1) is 11.0 Å². The predicted molar refractivity (Wildman–Crippen MR) is 93.9 cm³/mol. The number of hydrogen-bond donors (Lipinski definition) is 1. The summed E-state index contributed by atoms with van der Waals surface area (Å²) in [7, 11) is 0. The van der Waals surface area contributed by atoms with Crippen molar-refractivity contribution < 1.29 is 14.3 Å². The molecule has 1 fully saturated rings. The molecule has 3 rings (SSSR count). The highest BCUT2D eigenvalue weighted by molar-refractivity contribution is 5.85. The molecule has 0 atom stereocenters. The van der Waals surface area contributed by atoms with Crippen LogP contribution in [0.3, 0.4) is 0 Å². The van der Waals surface area contributed by atoms with Gasteiger partial charge in [-0.15, -0.1) is 0 Å². The fraction of sp³-hybridized carbons (Fsp3) is 0.471. The Bertz CT molecular complexity index is 772. The number of ether oxygens (including phenoxy) is 1. The smallest absolute Gasteiger partial charge is 0.410 e. The number of nitrogens with one attached hydrogen (secondary N) is 1. The minimum Gasteiger partial charge on any atom is -0.444 e. The van der Waals surface area contributed by atoms with E-state index < -0.39 is 5.60 Å². The summed E-state index contributed by atoms with van der Waals surface area (Å²) in [6, 6.07) is 7.36. The van der Waals surface area contributed by atoms with E-state index in [1.165, 1.54) is 0 Å². The minimum absolute atomic E-state index is 0.216. The first-order valence-electron chi connectivity index (χ1n) is 8.29. The van der Waals surface area contributed by atoms with Crippen molar-refractivity contribution in [3.63, 3.8) is 0 Å². The third-order valence-corrected chi connectivity index (χ3v) is 3.89. The van der Waals surface area contributed by atoms with Gasteiger partial charge in [-0.1, -0.05) is 12.1 Å². The van der Waals surface area contributed by atoms with Gasteiger partial charge in [0, 0.05) is 26.2 Å². The molecule has 1 aromatic heterocycles. The molecule has 0 unspecified atom stereocenters. The van der Waals surface area contributed by atoms with Gasteiger partial charge in [-0.2, -0.15) is 0 Å². The Kier molecular flexibility index (Phi) is 4.52. The average molecular weight is 345 g/mol. The molecule has 0 bridgehead atoms. The number of piperazine rings is 1. The lowest BCUT2D eigenvalue weighted by molar-refractivity contribution is 0.0173. The van der Waals surface area contributed by atoms with Crippen molar-refractivity contribution in [2.24, 2.45) is 0 Å². The van der Waals surface area contributed by atoms with Crippen molar-refractivity contribution >= 4 is 23.2 Å². The van der Waals surface area contributed by atoms with Gasteiger partial charge in [0.15, 0.2) is 0 Å². The van der Waals surface area contributed by atoms with Crippen LogP contribution in [-0.2, 0) is 4.74 Å². The van der Waals surface area contributed by atoms with Crippen LogP contribution in [0.5, 0.6) is 0 Å². The summed E-state index contributed by atoms with van der Waals surface area (Å²) < 4.78 is 6.97. The lowest BCUT2D eigenvalue weighted by Crippen LogP contribution is -2.53. The Morgan fingerprint density at radius 2 is 1.72 bits per heavy atom. The Morgan fingerprint density at radius 1 is 1.08 bits per heavy atom. The van der Waals surface area contributed by atoms with E-state index in [1.807, 2.05) is 45.0 Å². The third kappa shape index (κ3) is 4.01. The van der Waals surface area contributed by atoms with E-state index in [-0.39, 0.29) is 12.1 Å². The summed E-state index contributed by atoms with van der Waals surface area (Å²) in [5, 5.41) is 0. The second kappa shape index (κ2) is 6.62. The van der Waals surface area contributed by atoms with Gasteiger partial charge in [-0.25, -0.2) is 24.7 Å². The van der Waals surface area contributed by atoms with Crippen molar-refractivity contribution in [1.29, 1.82) is 0 Å². The molecular weight excluding hydrogens is 322 g/mol. The fourth-order valence-corrected chi connectivity index (χ4v) is 2.64. The van der Waals surface area contributed by atoms with E-state index in [0.717, 1.165) is 11.0 Å². The van der Waals surface area contributed by atoms with Gasteiger partial charge < -0.3 is 14.5 Å². The highest BCUT2D eigenvalue weighted by Crippen LogP contribution is 2.13. The topological polar surface area (TPSA) is 79.7 Å². The van der Waals surface area contributed by atoms with Crippen LogP contribution in [0.4, 0.5) is 9.59 Å².